The zero-order valence-corrected chi connectivity index (χ0v) is 18.7. The number of pyridine rings is 3. The standard InChI is InChI=1S/C26H24N6O2/c33-20-28-25-9-15-32(16-10-25)19-23-3-1-22(2-4-23)18-31-13-7-24(8-14-31)26(34)30-29-17-21-5-11-27-12-6-21/h1,3,5-17,20H,2,4,18-19H2/p+2. The van der Waals surface area contributed by atoms with Crippen molar-refractivity contribution >= 4 is 24.2 Å². The van der Waals surface area contributed by atoms with Crippen molar-refractivity contribution < 1.29 is 18.7 Å². The third kappa shape index (κ3) is 6.52. The summed E-state index contributed by atoms with van der Waals surface area (Å²) in [4.78, 5) is 26.7. The van der Waals surface area contributed by atoms with Crippen LogP contribution in [0.25, 0.3) is 0 Å². The van der Waals surface area contributed by atoms with Crippen LogP contribution in [0.5, 0.6) is 0 Å². The number of carbonyl (C=O) groups is 2. The van der Waals surface area contributed by atoms with E-state index in [0.29, 0.717) is 12.0 Å². The predicted octanol–water partition coefficient (Wildman–Crippen LogP) is 2.34. The number of carbonyl (C=O) groups excluding carboxylic acids is 2. The molecule has 8 heteroatoms. The molecule has 8 nitrogen and oxygen atoms in total. The molecule has 0 aliphatic heterocycles. The zero-order chi connectivity index (χ0) is 23.6. The number of allylic oxidation sites excluding steroid dienone is 4. The molecule has 3 aromatic heterocycles. The molecule has 2 N–H and O–H groups in total. The molecule has 0 spiro atoms. The van der Waals surface area contributed by atoms with Crippen molar-refractivity contribution in [2.45, 2.75) is 25.9 Å². The van der Waals surface area contributed by atoms with Gasteiger partial charge in [-0.3, -0.25) is 14.6 Å². The van der Waals surface area contributed by atoms with Crippen LogP contribution in [-0.4, -0.2) is 23.5 Å². The van der Waals surface area contributed by atoms with Gasteiger partial charge in [-0.1, -0.05) is 12.2 Å². The van der Waals surface area contributed by atoms with E-state index in [1.165, 1.54) is 11.1 Å². The van der Waals surface area contributed by atoms with Gasteiger partial charge in [-0.25, -0.2) is 14.6 Å². The summed E-state index contributed by atoms with van der Waals surface area (Å²) < 4.78 is 4.16. The largest absolute Gasteiger partial charge is 0.328 e. The molecule has 0 fully saturated rings. The van der Waals surface area contributed by atoms with Gasteiger partial charge in [0.1, 0.15) is 0 Å². The predicted molar refractivity (Wildman–Crippen MR) is 128 cm³/mol. The van der Waals surface area contributed by atoms with Crippen molar-refractivity contribution in [3.05, 3.63) is 108 Å². The number of hydrazone groups is 1. The molecule has 3 heterocycles. The van der Waals surface area contributed by atoms with Gasteiger partial charge in [0.15, 0.2) is 37.9 Å². The van der Waals surface area contributed by atoms with E-state index in [9.17, 15) is 9.59 Å². The van der Waals surface area contributed by atoms with Gasteiger partial charge in [0.25, 0.3) is 5.91 Å². The lowest BCUT2D eigenvalue weighted by Gasteiger charge is -2.11. The van der Waals surface area contributed by atoms with Gasteiger partial charge in [0.05, 0.1) is 17.5 Å². The van der Waals surface area contributed by atoms with E-state index in [2.05, 4.69) is 42.1 Å². The summed E-state index contributed by atoms with van der Waals surface area (Å²) in [7, 11) is 0. The molecule has 2 amide bonds. The minimum absolute atomic E-state index is 0.255. The number of nitrogens with zero attached hydrogens (tertiary/aromatic N) is 4. The van der Waals surface area contributed by atoms with E-state index in [1.807, 2.05) is 49.1 Å². The highest BCUT2D eigenvalue weighted by atomic mass is 16.2. The van der Waals surface area contributed by atoms with Crippen molar-refractivity contribution in [1.29, 1.82) is 0 Å². The van der Waals surface area contributed by atoms with E-state index in [4.69, 9.17) is 0 Å². The Morgan fingerprint density at radius 3 is 2.06 bits per heavy atom. The molecule has 1 aliphatic rings. The van der Waals surface area contributed by atoms with Crippen molar-refractivity contribution in [2.75, 3.05) is 5.32 Å². The summed E-state index contributed by atoms with van der Waals surface area (Å²) in [6.45, 7) is 1.61. The first-order chi connectivity index (χ1) is 16.7. The van der Waals surface area contributed by atoms with Crippen molar-refractivity contribution in [2.24, 2.45) is 5.10 Å². The van der Waals surface area contributed by atoms with Crippen LogP contribution in [-0.2, 0) is 17.9 Å². The molecule has 4 rings (SSSR count). The van der Waals surface area contributed by atoms with Gasteiger partial charge < -0.3 is 5.32 Å². The van der Waals surface area contributed by atoms with Crippen molar-refractivity contribution in [3.8, 4) is 0 Å². The van der Waals surface area contributed by atoms with E-state index >= 15 is 0 Å². The topological polar surface area (TPSA) is 91.2 Å². The normalized spacial score (nSPS) is 13.2. The lowest BCUT2D eigenvalue weighted by molar-refractivity contribution is -0.690. The second-order valence-corrected chi connectivity index (χ2v) is 7.91. The lowest BCUT2D eigenvalue weighted by Crippen LogP contribution is -2.35. The smallest absolute Gasteiger partial charge is 0.271 e. The van der Waals surface area contributed by atoms with Gasteiger partial charge in [0, 0.05) is 36.7 Å². The Bertz CT molecular complexity index is 1220. The van der Waals surface area contributed by atoms with E-state index in [-0.39, 0.29) is 5.91 Å². The molecule has 0 aromatic carbocycles. The number of rotatable bonds is 9. The summed E-state index contributed by atoms with van der Waals surface area (Å²) in [5, 5.41) is 6.63. The van der Waals surface area contributed by atoms with Crippen LogP contribution in [0.2, 0.25) is 0 Å². The summed E-state index contributed by atoms with van der Waals surface area (Å²) in [5.74, 6) is -0.255. The van der Waals surface area contributed by atoms with Crippen LogP contribution < -0.4 is 19.9 Å². The van der Waals surface area contributed by atoms with Crippen LogP contribution >= 0.6 is 0 Å². The molecule has 0 bridgehead atoms. The van der Waals surface area contributed by atoms with Gasteiger partial charge in [-0.05, 0) is 41.7 Å². The fraction of sp³-hybridized carbons (Fsp3) is 0.154. The summed E-state index contributed by atoms with van der Waals surface area (Å²) in [6.07, 6.45) is 19.7. The van der Waals surface area contributed by atoms with Crippen LogP contribution in [0.3, 0.4) is 0 Å². The number of amides is 2. The highest BCUT2D eigenvalue weighted by Crippen LogP contribution is 2.18. The maximum Gasteiger partial charge on any atom is 0.271 e. The lowest BCUT2D eigenvalue weighted by atomic mass is 9.98. The minimum Gasteiger partial charge on any atom is -0.328 e. The van der Waals surface area contributed by atoms with Crippen LogP contribution in [0.4, 0.5) is 5.69 Å². The Kier molecular flexibility index (Phi) is 7.63. The first-order valence-electron chi connectivity index (χ1n) is 11.0. The molecular formula is C26H26N6O2+2. The summed E-state index contributed by atoms with van der Waals surface area (Å²) in [6, 6.07) is 11.0. The van der Waals surface area contributed by atoms with Gasteiger partial charge in [0.2, 0.25) is 6.41 Å². The monoisotopic (exact) mass is 454 g/mol. The quantitative estimate of drug-likeness (QED) is 0.225. The van der Waals surface area contributed by atoms with Gasteiger partial charge >= 0.3 is 0 Å². The van der Waals surface area contributed by atoms with Gasteiger partial charge in [-0.15, -0.1) is 0 Å². The first-order valence-corrected chi connectivity index (χ1v) is 11.0. The molecule has 0 saturated carbocycles. The SMILES string of the molecule is O=CNc1cc[n+](CC2=CC=C(C[n+]3ccc(C(=O)N/N=C/c4ccncc4)cc3)CC2)cc1. The molecule has 0 saturated heterocycles. The Morgan fingerprint density at radius 2 is 1.50 bits per heavy atom. The average Bonchev–Trinajstić information content (AvgIpc) is 2.88. The maximum absolute atomic E-state index is 12.3. The Labute approximate surface area is 198 Å². The molecule has 3 aromatic rings. The highest BCUT2D eigenvalue weighted by Gasteiger charge is 2.14. The second-order valence-electron chi connectivity index (χ2n) is 7.91. The van der Waals surface area contributed by atoms with E-state index in [0.717, 1.165) is 37.2 Å². The summed E-state index contributed by atoms with van der Waals surface area (Å²) in [5.41, 5.74) is 7.43. The fourth-order valence-electron chi connectivity index (χ4n) is 3.58. The molecular weight excluding hydrogens is 428 g/mol. The molecule has 0 atom stereocenters. The fourth-order valence-corrected chi connectivity index (χ4v) is 3.58. The molecule has 170 valence electrons. The number of anilines is 1. The van der Waals surface area contributed by atoms with Crippen LogP contribution in [0, 0.1) is 0 Å². The van der Waals surface area contributed by atoms with Gasteiger partial charge in [-0.2, -0.15) is 5.10 Å². The number of nitrogens with one attached hydrogen (secondary N) is 2. The molecule has 0 unspecified atom stereocenters. The number of aromatic nitrogens is 3. The Balaban J connectivity index is 1.28. The zero-order valence-electron chi connectivity index (χ0n) is 18.7. The Hall–Kier alpha value is -4.46. The van der Waals surface area contributed by atoms with Crippen LogP contribution in [0.15, 0.2) is 102 Å². The second kappa shape index (κ2) is 11.4. The first kappa shape index (κ1) is 22.7. The summed E-state index contributed by atoms with van der Waals surface area (Å²) >= 11 is 0. The average molecular weight is 455 g/mol. The maximum atomic E-state index is 12.3. The van der Waals surface area contributed by atoms with Crippen LogP contribution in [0.1, 0.15) is 28.8 Å². The number of hydrogen-bond donors (Lipinski definition) is 2. The Morgan fingerprint density at radius 1 is 0.912 bits per heavy atom. The molecule has 0 radical (unpaired) electrons. The van der Waals surface area contributed by atoms with Crippen molar-refractivity contribution in [3.63, 3.8) is 0 Å². The molecule has 34 heavy (non-hydrogen) atoms. The highest BCUT2D eigenvalue weighted by molar-refractivity contribution is 5.94. The third-order valence-electron chi connectivity index (χ3n) is 5.45. The molecule has 1 aliphatic carbocycles. The van der Waals surface area contributed by atoms with E-state index in [1.54, 1.807) is 30.7 Å². The minimum atomic E-state index is -0.255. The van der Waals surface area contributed by atoms with Crippen molar-refractivity contribution in [1.82, 2.24) is 10.4 Å². The number of hydrogen-bond acceptors (Lipinski definition) is 4. The van der Waals surface area contributed by atoms with E-state index < -0.39 is 0 Å². The third-order valence-corrected chi connectivity index (χ3v) is 5.45.